The van der Waals surface area contributed by atoms with Crippen LogP contribution in [0.3, 0.4) is 0 Å². The fourth-order valence-corrected chi connectivity index (χ4v) is 3.15. The van der Waals surface area contributed by atoms with Crippen molar-refractivity contribution in [1.29, 1.82) is 0 Å². The maximum Gasteiger partial charge on any atom is 0.226 e. The van der Waals surface area contributed by atoms with Gasteiger partial charge in [-0.1, -0.05) is 20.3 Å². The Hall–Kier alpha value is -1.92. The minimum atomic E-state index is -0.206. The van der Waals surface area contributed by atoms with E-state index in [9.17, 15) is 9.90 Å². The molecule has 0 aliphatic heterocycles. The van der Waals surface area contributed by atoms with Crippen LogP contribution in [-0.2, 0) is 11.2 Å². The molecule has 130 valence electrons. The van der Waals surface area contributed by atoms with Crippen LogP contribution in [0, 0.1) is 5.92 Å². The normalized spacial score (nSPS) is 13.3. The molecule has 0 radical (unpaired) electrons. The highest BCUT2D eigenvalue weighted by atomic mass is 32.1. The molecule has 5 nitrogen and oxygen atoms in total. The average molecular weight is 348 g/mol. The molecule has 2 N–H and O–H groups in total. The highest BCUT2D eigenvalue weighted by Gasteiger charge is 2.18. The Labute approximate surface area is 146 Å². The number of rotatable bonds is 8. The summed E-state index contributed by atoms with van der Waals surface area (Å²) in [6.45, 7) is 4.02. The fourth-order valence-electron chi connectivity index (χ4n) is 2.33. The Balaban J connectivity index is 1.98. The molecular formula is C18H24N2O3S. The van der Waals surface area contributed by atoms with Crippen molar-refractivity contribution in [2.24, 2.45) is 5.92 Å². The molecule has 24 heavy (non-hydrogen) atoms. The molecule has 0 spiro atoms. The van der Waals surface area contributed by atoms with Crippen LogP contribution in [0.2, 0.25) is 0 Å². The summed E-state index contributed by atoms with van der Waals surface area (Å²) in [6.07, 6.45) is 1.13. The molecule has 1 amide bonds. The molecule has 0 bridgehead atoms. The summed E-state index contributed by atoms with van der Waals surface area (Å²) in [5.74, 6) is 0.931. The molecular weight excluding hydrogens is 324 g/mol. The van der Waals surface area contributed by atoms with Gasteiger partial charge in [-0.05, 0) is 30.2 Å². The number of benzene rings is 1. The van der Waals surface area contributed by atoms with Crippen LogP contribution in [0.15, 0.2) is 29.6 Å². The number of aliphatic hydroxyl groups is 1. The minimum absolute atomic E-state index is 0.0467. The van der Waals surface area contributed by atoms with E-state index < -0.39 is 0 Å². The molecule has 0 saturated carbocycles. The Morgan fingerprint density at radius 3 is 2.67 bits per heavy atom. The predicted molar refractivity (Wildman–Crippen MR) is 96.3 cm³/mol. The number of methoxy groups -OCH3 is 1. The van der Waals surface area contributed by atoms with Crippen molar-refractivity contribution in [3.63, 3.8) is 0 Å². The Kier molecular flexibility index (Phi) is 6.75. The van der Waals surface area contributed by atoms with Gasteiger partial charge in [0.05, 0.1) is 31.9 Å². The van der Waals surface area contributed by atoms with Crippen LogP contribution in [0.5, 0.6) is 5.75 Å². The lowest BCUT2D eigenvalue weighted by Crippen LogP contribution is -2.42. The molecule has 0 saturated heterocycles. The van der Waals surface area contributed by atoms with Crippen molar-refractivity contribution in [2.45, 2.75) is 32.7 Å². The van der Waals surface area contributed by atoms with Crippen molar-refractivity contribution in [3.8, 4) is 16.3 Å². The standard InChI is InChI=1S/C18H24N2O3S/c1-4-12(2)16(10-21)20-17(22)9-14-11-24-18(19-14)13-5-7-15(23-3)8-6-13/h5-8,11-12,16,21H,4,9-10H2,1-3H3,(H,20,22). The van der Waals surface area contributed by atoms with Gasteiger partial charge < -0.3 is 15.2 Å². The summed E-state index contributed by atoms with van der Waals surface area (Å²) < 4.78 is 5.15. The van der Waals surface area contributed by atoms with Crippen LogP contribution in [0.1, 0.15) is 26.0 Å². The zero-order valence-corrected chi connectivity index (χ0v) is 15.1. The number of amides is 1. The van der Waals surface area contributed by atoms with Gasteiger partial charge in [0.1, 0.15) is 10.8 Å². The Morgan fingerprint density at radius 1 is 1.38 bits per heavy atom. The van der Waals surface area contributed by atoms with Crippen LogP contribution in [0.25, 0.3) is 10.6 Å². The summed E-state index contributed by atoms with van der Waals surface area (Å²) >= 11 is 1.51. The van der Waals surface area contributed by atoms with Gasteiger partial charge in [0.2, 0.25) is 5.91 Å². The van der Waals surface area contributed by atoms with E-state index in [0.29, 0.717) is 0 Å². The summed E-state index contributed by atoms with van der Waals surface area (Å²) in [7, 11) is 1.63. The molecule has 6 heteroatoms. The number of nitrogens with one attached hydrogen (secondary N) is 1. The quantitative estimate of drug-likeness (QED) is 0.769. The number of thiazole rings is 1. The maximum absolute atomic E-state index is 12.2. The first-order valence-corrected chi connectivity index (χ1v) is 8.94. The second-order valence-electron chi connectivity index (χ2n) is 5.79. The summed E-state index contributed by atoms with van der Waals surface area (Å²) in [4.78, 5) is 16.7. The lowest BCUT2D eigenvalue weighted by atomic mass is 10.00. The Morgan fingerprint density at radius 2 is 2.08 bits per heavy atom. The molecule has 0 aliphatic carbocycles. The van der Waals surface area contributed by atoms with Crippen molar-refractivity contribution in [2.75, 3.05) is 13.7 Å². The molecule has 2 rings (SSSR count). The van der Waals surface area contributed by atoms with Crippen molar-refractivity contribution < 1.29 is 14.6 Å². The van der Waals surface area contributed by atoms with Crippen LogP contribution in [-0.4, -0.2) is 35.8 Å². The van der Waals surface area contributed by atoms with Gasteiger partial charge in [0.15, 0.2) is 0 Å². The van der Waals surface area contributed by atoms with Gasteiger partial charge in [-0.25, -0.2) is 4.98 Å². The number of hydrogen-bond acceptors (Lipinski definition) is 5. The third kappa shape index (κ3) is 4.79. The molecule has 1 aromatic carbocycles. The van der Waals surface area contributed by atoms with Gasteiger partial charge in [-0.3, -0.25) is 4.79 Å². The van der Waals surface area contributed by atoms with Gasteiger partial charge in [0.25, 0.3) is 0 Å². The van der Waals surface area contributed by atoms with E-state index in [1.54, 1.807) is 7.11 Å². The van der Waals surface area contributed by atoms with E-state index in [-0.39, 0.29) is 30.9 Å². The van der Waals surface area contributed by atoms with Gasteiger partial charge in [-0.15, -0.1) is 11.3 Å². The van der Waals surface area contributed by atoms with Crippen molar-refractivity contribution >= 4 is 17.2 Å². The third-order valence-corrected chi connectivity index (χ3v) is 5.04. The number of carbonyl (C=O) groups excluding carboxylic acids is 1. The first-order chi connectivity index (χ1) is 11.6. The van der Waals surface area contributed by atoms with Crippen molar-refractivity contribution in [3.05, 3.63) is 35.3 Å². The molecule has 2 atom stereocenters. The van der Waals surface area contributed by atoms with Gasteiger partial charge in [-0.2, -0.15) is 0 Å². The molecule has 1 heterocycles. The molecule has 0 aliphatic rings. The van der Waals surface area contributed by atoms with Crippen LogP contribution in [0.4, 0.5) is 0 Å². The number of hydrogen-bond donors (Lipinski definition) is 2. The number of carbonyl (C=O) groups is 1. The third-order valence-electron chi connectivity index (χ3n) is 4.10. The summed E-state index contributed by atoms with van der Waals surface area (Å²) in [5.41, 5.74) is 1.74. The number of nitrogens with zero attached hydrogens (tertiary/aromatic N) is 1. The first kappa shape index (κ1) is 18.4. The SMILES string of the molecule is CCC(C)C(CO)NC(=O)Cc1csc(-c2ccc(OC)cc2)n1. The van der Waals surface area contributed by atoms with Gasteiger partial charge in [0, 0.05) is 10.9 Å². The van der Waals surface area contributed by atoms with Crippen LogP contribution < -0.4 is 10.1 Å². The second-order valence-corrected chi connectivity index (χ2v) is 6.65. The van der Waals surface area contributed by atoms with E-state index in [1.807, 2.05) is 43.5 Å². The summed E-state index contributed by atoms with van der Waals surface area (Å²) in [6, 6.07) is 7.47. The zero-order chi connectivity index (χ0) is 17.5. The largest absolute Gasteiger partial charge is 0.497 e. The smallest absolute Gasteiger partial charge is 0.226 e. The van der Waals surface area contributed by atoms with E-state index in [4.69, 9.17) is 4.74 Å². The highest BCUT2D eigenvalue weighted by Crippen LogP contribution is 2.25. The average Bonchev–Trinajstić information content (AvgIpc) is 3.07. The lowest BCUT2D eigenvalue weighted by Gasteiger charge is -2.21. The summed E-state index contributed by atoms with van der Waals surface area (Å²) in [5, 5.41) is 15.1. The predicted octanol–water partition coefficient (Wildman–Crippen LogP) is 2.88. The number of aromatic nitrogens is 1. The topological polar surface area (TPSA) is 71.5 Å². The van der Waals surface area contributed by atoms with E-state index in [0.717, 1.165) is 28.4 Å². The Bertz CT molecular complexity index is 655. The fraction of sp³-hybridized carbons (Fsp3) is 0.444. The lowest BCUT2D eigenvalue weighted by molar-refractivity contribution is -0.121. The van der Waals surface area contributed by atoms with E-state index in [2.05, 4.69) is 10.3 Å². The maximum atomic E-state index is 12.2. The molecule has 1 aromatic heterocycles. The van der Waals surface area contributed by atoms with Crippen molar-refractivity contribution in [1.82, 2.24) is 10.3 Å². The zero-order valence-electron chi connectivity index (χ0n) is 14.3. The van der Waals surface area contributed by atoms with E-state index >= 15 is 0 Å². The second kappa shape index (κ2) is 8.80. The van der Waals surface area contributed by atoms with E-state index in [1.165, 1.54) is 11.3 Å². The number of ether oxygens (including phenoxy) is 1. The minimum Gasteiger partial charge on any atom is -0.497 e. The monoisotopic (exact) mass is 348 g/mol. The molecule has 2 aromatic rings. The number of aliphatic hydroxyl groups excluding tert-OH is 1. The van der Waals surface area contributed by atoms with Gasteiger partial charge >= 0.3 is 0 Å². The highest BCUT2D eigenvalue weighted by molar-refractivity contribution is 7.13. The molecule has 0 fully saturated rings. The molecule has 2 unspecified atom stereocenters. The van der Waals surface area contributed by atoms with Crippen LogP contribution >= 0.6 is 11.3 Å². The first-order valence-electron chi connectivity index (χ1n) is 8.06.